The average molecular weight is 465 g/mol. The molecule has 6 nitrogen and oxygen atoms in total. The highest BCUT2D eigenvalue weighted by molar-refractivity contribution is 7.18. The normalized spacial score (nSPS) is 14.8. The number of hydrogen-bond acceptors (Lipinski definition) is 5. The van der Waals surface area contributed by atoms with E-state index in [0.717, 1.165) is 36.5 Å². The van der Waals surface area contributed by atoms with Crippen molar-refractivity contribution in [2.75, 3.05) is 18.4 Å². The van der Waals surface area contributed by atoms with Crippen LogP contribution in [0.5, 0.6) is 0 Å². The Morgan fingerprint density at radius 3 is 2.66 bits per heavy atom. The van der Waals surface area contributed by atoms with Crippen LogP contribution in [0.25, 0.3) is 0 Å². The molecule has 3 aromatic rings. The second-order valence-corrected chi connectivity index (χ2v) is 9.52. The van der Waals surface area contributed by atoms with Crippen LogP contribution in [-0.4, -0.2) is 35.6 Å². The second kappa shape index (κ2) is 8.76. The fourth-order valence-electron chi connectivity index (χ4n) is 4.01. The molecule has 0 aliphatic carbocycles. The molecule has 0 radical (unpaired) electrons. The van der Waals surface area contributed by atoms with Crippen molar-refractivity contribution in [3.8, 4) is 0 Å². The predicted molar refractivity (Wildman–Crippen MR) is 128 cm³/mol. The maximum atomic E-state index is 13.2. The molecule has 3 heterocycles. The summed E-state index contributed by atoms with van der Waals surface area (Å²) in [5, 5.41) is 6.16. The Hall–Kier alpha value is -3.16. The zero-order valence-corrected chi connectivity index (χ0v) is 18.8. The van der Waals surface area contributed by atoms with Gasteiger partial charge in [-0.05, 0) is 34.9 Å². The topological polar surface area (TPSA) is 73.8 Å². The molecule has 2 amide bonds. The Bertz CT molecular complexity index is 1220. The largest absolute Gasteiger partial charge is 0.372 e. The molecule has 0 unspecified atom stereocenters. The van der Waals surface area contributed by atoms with Gasteiger partial charge in [-0.2, -0.15) is 0 Å². The predicted octanol–water partition coefficient (Wildman–Crippen LogP) is 4.35. The Kier molecular flexibility index (Phi) is 5.68. The first-order chi connectivity index (χ1) is 15.6. The van der Waals surface area contributed by atoms with Crippen LogP contribution in [0.4, 0.5) is 5.69 Å². The van der Waals surface area contributed by atoms with E-state index >= 15 is 0 Å². The van der Waals surface area contributed by atoms with Gasteiger partial charge in [-0.25, -0.2) is 0 Å². The SMILES string of the molecule is O=C(Nc1cccc2c1C(=O)N(Cc1ccc(CC3=NCCN3)cc1)C2)c1ccc(Cl)s1. The van der Waals surface area contributed by atoms with E-state index in [-0.39, 0.29) is 11.8 Å². The summed E-state index contributed by atoms with van der Waals surface area (Å²) >= 11 is 7.15. The molecule has 2 aromatic carbocycles. The summed E-state index contributed by atoms with van der Waals surface area (Å²) in [4.78, 5) is 32.5. The van der Waals surface area contributed by atoms with Crippen molar-refractivity contribution >= 4 is 46.3 Å². The van der Waals surface area contributed by atoms with E-state index in [1.165, 1.54) is 16.9 Å². The summed E-state index contributed by atoms with van der Waals surface area (Å²) in [6.07, 6.45) is 0.798. The molecule has 5 rings (SSSR count). The van der Waals surface area contributed by atoms with Gasteiger partial charge in [-0.1, -0.05) is 48.0 Å². The van der Waals surface area contributed by atoms with Crippen LogP contribution in [0, 0.1) is 0 Å². The maximum absolute atomic E-state index is 13.2. The molecule has 162 valence electrons. The fraction of sp³-hybridized carbons (Fsp3) is 0.208. The smallest absolute Gasteiger partial charge is 0.265 e. The third-order valence-electron chi connectivity index (χ3n) is 5.57. The van der Waals surface area contributed by atoms with Crippen molar-refractivity contribution in [1.82, 2.24) is 10.2 Å². The van der Waals surface area contributed by atoms with E-state index in [2.05, 4.69) is 39.9 Å². The molecule has 0 bridgehead atoms. The van der Waals surface area contributed by atoms with Gasteiger partial charge in [0.15, 0.2) is 0 Å². The standard InChI is InChI=1S/C24H21ClN4O2S/c25-20-9-8-19(32-20)23(30)28-18-3-1-2-17-14-29(24(31)22(17)18)13-16-6-4-15(5-7-16)12-21-26-10-11-27-21/h1-9H,10-14H2,(H,26,27)(H,28,30). The number of carbonyl (C=O) groups is 2. The molecule has 2 aliphatic rings. The van der Waals surface area contributed by atoms with Gasteiger partial charge in [0.2, 0.25) is 0 Å². The number of nitrogens with one attached hydrogen (secondary N) is 2. The number of carbonyl (C=O) groups excluding carboxylic acids is 2. The van der Waals surface area contributed by atoms with E-state index < -0.39 is 0 Å². The molecular weight excluding hydrogens is 444 g/mol. The third-order valence-corrected chi connectivity index (χ3v) is 6.80. The minimum absolute atomic E-state index is 0.0753. The Labute approximate surface area is 194 Å². The fourth-order valence-corrected chi connectivity index (χ4v) is 4.95. The van der Waals surface area contributed by atoms with E-state index in [4.69, 9.17) is 11.6 Å². The number of hydrogen-bond donors (Lipinski definition) is 2. The molecule has 1 aromatic heterocycles. The lowest BCUT2D eigenvalue weighted by atomic mass is 10.1. The molecule has 2 aliphatic heterocycles. The number of anilines is 1. The number of amidine groups is 1. The van der Waals surface area contributed by atoms with Crippen LogP contribution in [0.2, 0.25) is 4.34 Å². The highest BCUT2D eigenvalue weighted by Crippen LogP contribution is 2.31. The molecule has 0 atom stereocenters. The highest BCUT2D eigenvalue weighted by atomic mass is 35.5. The molecule has 0 saturated heterocycles. The minimum atomic E-state index is -0.265. The highest BCUT2D eigenvalue weighted by Gasteiger charge is 2.30. The minimum Gasteiger partial charge on any atom is -0.372 e. The average Bonchev–Trinajstić information content (AvgIpc) is 3.52. The summed E-state index contributed by atoms with van der Waals surface area (Å²) in [6.45, 7) is 2.79. The lowest BCUT2D eigenvalue weighted by molar-refractivity contribution is 0.0767. The number of nitrogens with zero attached hydrogens (tertiary/aromatic N) is 2. The van der Waals surface area contributed by atoms with Crippen LogP contribution in [0.15, 0.2) is 59.6 Å². The Morgan fingerprint density at radius 2 is 1.94 bits per heavy atom. The van der Waals surface area contributed by atoms with Gasteiger partial charge in [0.25, 0.3) is 11.8 Å². The Morgan fingerprint density at radius 1 is 1.12 bits per heavy atom. The van der Waals surface area contributed by atoms with Gasteiger partial charge in [-0.3, -0.25) is 14.6 Å². The number of halogens is 1. The van der Waals surface area contributed by atoms with Gasteiger partial charge < -0.3 is 15.5 Å². The van der Waals surface area contributed by atoms with Gasteiger partial charge >= 0.3 is 0 Å². The summed E-state index contributed by atoms with van der Waals surface area (Å²) < 4.78 is 0.550. The monoisotopic (exact) mass is 464 g/mol. The van der Waals surface area contributed by atoms with Crippen LogP contribution >= 0.6 is 22.9 Å². The maximum Gasteiger partial charge on any atom is 0.265 e. The first-order valence-corrected chi connectivity index (χ1v) is 11.6. The lowest BCUT2D eigenvalue weighted by Gasteiger charge is -2.16. The summed E-state index contributed by atoms with van der Waals surface area (Å²) in [5.41, 5.74) is 4.26. The van der Waals surface area contributed by atoms with Crippen molar-refractivity contribution in [3.63, 3.8) is 0 Å². The summed E-state index contributed by atoms with van der Waals surface area (Å²) in [6, 6.07) is 17.2. The van der Waals surface area contributed by atoms with Crippen LogP contribution in [0.1, 0.15) is 36.7 Å². The number of rotatable bonds is 6. The zero-order valence-electron chi connectivity index (χ0n) is 17.2. The quantitative estimate of drug-likeness (QED) is 0.569. The molecule has 32 heavy (non-hydrogen) atoms. The number of thiophene rings is 1. The molecule has 0 saturated carbocycles. The Balaban J connectivity index is 1.28. The third kappa shape index (κ3) is 4.26. The number of aliphatic imine (C=N–C) groups is 1. The molecular formula is C24H21ClN4O2S. The first-order valence-electron chi connectivity index (χ1n) is 10.4. The molecule has 2 N–H and O–H groups in total. The molecule has 0 fully saturated rings. The van der Waals surface area contributed by atoms with E-state index in [1.807, 2.05) is 12.1 Å². The number of amides is 2. The second-order valence-electron chi connectivity index (χ2n) is 7.81. The van der Waals surface area contributed by atoms with E-state index in [1.54, 1.807) is 23.1 Å². The van der Waals surface area contributed by atoms with Crippen molar-refractivity contribution in [1.29, 1.82) is 0 Å². The van der Waals surface area contributed by atoms with Gasteiger partial charge in [0.1, 0.15) is 5.84 Å². The van der Waals surface area contributed by atoms with E-state index in [9.17, 15) is 9.59 Å². The lowest BCUT2D eigenvalue weighted by Crippen LogP contribution is -2.24. The van der Waals surface area contributed by atoms with Crippen LogP contribution < -0.4 is 10.6 Å². The van der Waals surface area contributed by atoms with Crippen molar-refractivity contribution in [2.45, 2.75) is 19.5 Å². The van der Waals surface area contributed by atoms with Crippen molar-refractivity contribution in [3.05, 3.63) is 86.1 Å². The van der Waals surface area contributed by atoms with Crippen molar-refractivity contribution in [2.24, 2.45) is 4.99 Å². The summed E-state index contributed by atoms with van der Waals surface area (Å²) in [7, 11) is 0. The van der Waals surface area contributed by atoms with Crippen LogP contribution in [-0.2, 0) is 19.5 Å². The van der Waals surface area contributed by atoms with Gasteiger partial charge in [-0.15, -0.1) is 11.3 Å². The van der Waals surface area contributed by atoms with Gasteiger partial charge in [0.05, 0.1) is 27.0 Å². The summed E-state index contributed by atoms with van der Waals surface area (Å²) in [5.74, 6) is 0.689. The number of benzene rings is 2. The van der Waals surface area contributed by atoms with Gasteiger partial charge in [0, 0.05) is 26.1 Å². The zero-order chi connectivity index (χ0) is 22.1. The molecule has 8 heteroatoms. The first kappa shape index (κ1) is 20.7. The van der Waals surface area contributed by atoms with E-state index in [0.29, 0.717) is 33.6 Å². The van der Waals surface area contributed by atoms with Crippen LogP contribution in [0.3, 0.4) is 0 Å². The van der Waals surface area contributed by atoms with Crippen molar-refractivity contribution < 1.29 is 9.59 Å². The number of fused-ring (bicyclic) bond motifs is 1. The molecule has 0 spiro atoms.